The number of amides is 1. The highest BCUT2D eigenvalue weighted by Gasteiger charge is 2.27. The van der Waals surface area contributed by atoms with Gasteiger partial charge in [0.15, 0.2) is 0 Å². The van der Waals surface area contributed by atoms with Crippen LogP contribution in [0.5, 0.6) is 5.75 Å². The number of piperidine rings is 1. The number of nitrogens with zero attached hydrogens (tertiary/aromatic N) is 3. The Bertz CT molecular complexity index is 927. The van der Waals surface area contributed by atoms with Gasteiger partial charge >= 0.3 is 0 Å². The van der Waals surface area contributed by atoms with Gasteiger partial charge in [-0.3, -0.25) is 4.79 Å². The number of benzene rings is 2. The third-order valence-electron chi connectivity index (χ3n) is 8.05. The number of rotatable bonds is 9. The van der Waals surface area contributed by atoms with Gasteiger partial charge in [0.05, 0.1) is 0 Å². The fourth-order valence-corrected chi connectivity index (χ4v) is 5.91. The van der Waals surface area contributed by atoms with Crippen molar-refractivity contribution >= 4 is 17.3 Å². The predicted octanol–water partition coefficient (Wildman–Crippen LogP) is 6.45. The number of carbonyl (C=O) groups excluding carboxylic acids is 1. The van der Waals surface area contributed by atoms with Crippen LogP contribution in [-0.2, 0) is 0 Å². The van der Waals surface area contributed by atoms with E-state index in [1.807, 2.05) is 43.0 Å². The van der Waals surface area contributed by atoms with Gasteiger partial charge in [-0.1, -0.05) is 38.2 Å². The summed E-state index contributed by atoms with van der Waals surface area (Å²) in [5.74, 6) is 1.30. The first-order valence-corrected chi connectivity index (χ1v) is 13.8. The van der Waals surface area contributed by atoms with Crippen molar-refractivity contribution in [3.8, 4) is 5.75 Å². The van der Waals surface area contributed by atoms with Gasteiger partial charge < -0.3 is 19.8 Å². The summed E-state index contributed by atoms with van der Waals surface area (Å²) in [5, 5.41) is 10.2. The molecule has 2 fully saturated rings. The zero-order valence-electron chi connectivity index (χ0n) is 21.7. The standard InChI is InChI=1S/C30H43N3O2/c1-3-32(4-2)30(35)25-13-15-26(16-14-25)33(28-11-8-12-29(34)23-28)27-18-21-31(22-19-27)20-17-24-9-6-5-7-10-24/h8,11-16,23-24,27,34H,3-7,9-10,17-22H2,1-2H3. The Morgan fingerprint density at radius 3 is 2.23 bits per heavy atom. The van der Waals surface area contributed by atoms with Crippen LogP contribution >= 0.6 is 0 Å². The van der Waals surface area contributed by atoms with E-state index in [0.29, 0.717) is 19.1 Å². The van der Waals surface area contributed by atoms with Gasteiger partial charge in [0.2, 0.25) is 0 Å². The summed E-state index contributed by atoms with van der Waals surface area (Å²) >= 11 is 0. The van der Waals surface area contributed by atoms with Crippen molar-refractivity contribution in [1.29, 1.82) is 0 Å². The van der Waals surface area contributed by atoms with Gasteiger partial charge in [0.1, 0.15) is 5.75 Å². The number of hydrogen-bond acceptors (Lipinski definition) is 4. The molecule has 5 nitrogen and oxygen atoms in total. The Morgan fingerprint density at radius 2 is 1.60 bits per heavy atom. The largest absolute Gasteiger partial charge is 0.508 e. The minimum Gasteiger partial charge on any atom is -0.508 e. The van der Waals surface area contributed by atoms with Gasteiger partial charge in [-0.2, -0.15) is 0 Å². The zero-order valence-corrected chi connectivity index (χ0v) is 21.7. The molecule has 4 rings (SSSR count). The van der Waals surface area contributed by atoms with E-state index in [0.717, 1.165) is 48.8 Å². The molecule has 0 spiro atoms. The molecule has 0 bridgehead atoms. The highest BCUT2D eigenvalue weighted by Crippen LogP contribution is 2.34. The minimum atomic E-state index is 0.0803. The summed E-state index contributed by atoms with van der Waals surface area (Å²) in [6.07, 6.45) is 10.7. The fourth-order valence-electron chi connectivity index (χ4n) is 5.91. The van der Waals surface area contributed by atoms with Crippen molar-refractivity contribution < 1.29 is 9.90 Å². The molecule has 2 aromatic carbocycles. The van der Waals surface area contributed by atoms with Gasteiger partial charge in [0, 0.05) is 55.2 Å². The van der Waals surface area contributed by atoms with Crippen LogP contribution in [0.3, 0.4) is 0 Å². The van der Waals surface area contributed by atoms with Crippen LogP contribution in [0.1, 0.15) is 75.6 Å². The third-order valence-corrected chi connectivity index (χ3v) is 8.05. The second kappa shape index (κ2) is 12.4. The van der Waals surface area contributed by atoms with Crippen molar-refractivity contribution in [3.63, 3.8) is 0 Å². The molecular weight excluding hydrogens is 434 g/mol. The lowest BCUT2D eigenvalue weighted by molar-refractivity contribution is 0.0773. The SMILES string of the molecule is CCN(CC)C(=O)c1ccc(N(c2cccc(O)c2)C2CCN(CCC3CCCCC3)CC2)cc1. The van der Waals surface area contributed by atoms with Crippen molar-refractivity contribution in [2.75, 3.05) is 37.6 Å². The van der Waals surface area contributed by atoms with Crippen molar-refractivity contribution in [2.24, 2.45) is 5.92 Å². The molecule has 0 radical (unpaired) electrons. The molecule has 0 unspecified atom stereocenters. The van der Waals surface area contributed by atoms with E-state index < -0.39 is 0 Å². The molecule has 5 heteroatoms. The molecular formula is C30H43N3O2. The topological polar surface area (TPSA) is 47.0 Å². The number of aromatic hydroxyl groups is 1. The van der Waals surface area contributed by atoms with Crippen LogP contribution in [0.4, 0.5) is 11.4 Å². The van der Waals surface area contributed by atoms with Crippen LogP contribution in [0.25, 0.3) is 0 Å². The summed E-state index contributed by atoms with van der Waals surface area (Å²) in [7, 11) is 0. The van der Waals surface area contributed by atoms with E-state index in [1.54, 1.807) is 6.07 Å². The molecule has 0 atom stereocenters. The maximum atomic E-state index is 12.8. The average Bonchev–Trinajstić information content (AvgIpc) is 2.90. The van der Waals surface area contributed by atoms with E-state index in [-0.39, 0.29) is 11.7 Å². The quantitative estimate of drug-likeness (QED) is 0.451. The normalized spacial score (nSPS) is 17.9. The summed E-state index contributed by atoms with van der Waals surface area (Å²) in [6, 6.07) is 16.0. The first-order valence-electron chi connectivity index (χ1n) is 13.8. The summed E-state index contributed by atoms with van der Waals surface area (Å²) in [4.78, 5) is 19.7. The van der Waals surface area contributed by atoms with Crippen molar-refractivity contribution in [2.45, 2.75) is 71.3 Å². The predicted molar refractivity (Wildman–Crippen MR) is 145 cm³/mol. The molecule has 1 heterocycles. The molecule has 1 saturated heterocycles. The molecule has 2 aromatic rings. The number of phenols is 1. The lowest BCUT2D eigenvalue weighted by atomic mass is 9.87. The molecule has 35 heavy (non-hydrogen) atoms. The Balaban J connectivity index is 1.45. The average molecular weight is 478 g/mol. The van der Waals surface area contributed by atoms with Crippen molar-refractivity contribution in [3.05, 3.63) is 54.1 Å². The smallest absolute Gasteiger partial charge is 0.253 e. The van der Waals surface area contributed by atoms with Crippen LogP contribution in [-0.4, -0.2) is 59.6 Å². The van der Waals surface area contributed by atoms with E-state index >= 15 is 0 Å². The molecule has 190 valence electrons. The highest BCUT2D eigenvalue weighted by atomic mass is 16.3. The first-order chi connectivity index (χ1) is 17.1. The van der Waals surface area contributed by atoms with Crippen LogP contribution in [0.2, 0.25) is 0 Å². The third kappa shape index (κ3) is 6.58. The first kappa shape index (κ1) is 25.6. The molecule has 1 amide bonds. The van der Waals surface area contributed by atoms with E-state index in [4.69, 9.17) is 0 Å². The number of carbonyl (C=O) groups is 1. The van der Waals surface area contributed by atoms with Gasteiger partial charge in [-0.05, 0) is 82.0 Å². The Labute approximate surface area is 211 Å². The zero-order chi connectivity index (χ0) is 24.6. The maximum absolute atomic E-state index is 12.8. The molecule has 1 aliphatic carbocycles. The van der Waals surface area contributed by atoms with E-state index in [9.17, 15) is 9.90 Å². The van der Waals surface area contributed by atoms with Crippen LogP contribution < -0.4 is 4.90 Å². The second-order valence-corrected chi connectivity index (χ2v) is 10.3. The molecule has 1 aliphatic heterocycles. The van der Waals surface area contributed by atoms with Gasteiger partial charge in [0.25, 0.3) is 5.91 Å². The number of anilines is 2. The second-order valence-electron chi connectivity index (χ2n) is 10.3. The Hall–Kier alpha value is -2.53. The fraction of sp³-hybridized carbons (Fsp3) is 0.567. The lowest BCUT2D eigenvalue weighted by Gasteiger charge is -2.40. The monoisotopic (exact) mass is 477 g/mol. The van der Waals surface area contributed by atoms with Crippen LogP contribution in [0.15, 0.2) is 48.5 Å². The Kier molecular flexibility index (Phi) is 9.08. The number of phenolic OH excluding ortho intramolecular Hbond substituents is 1. The van der Waals surface area contributed by atoms with E-state index in [2.05, 4.69) is 28.0 Å². The summed E-state index contributed by atoms with van der Waals surface area (Å²) < 4.78 is 0. The number of hydrogen-bond donors (Lipinski definition) is 1. The lowest BCUT2D eigenvalue weighted by Crippen LogP contribution is -2.43. The van der Waals surface area contributed by atoms with Gasteiger partial charge in [-0.15, -0.1) is 0 Å². The highest BCUT2D eigenvalue weighted by molar-refractivity contribution is 5.94. The summed E-state index contributed by atoms with van der Waals surface area (Å²) in [5.41, 5.74) is 2.81. The van der Waals surface area contributed by atoms with E-state index in [1.165, 1.54) is 45.1 Å². The Morgan fingerprint density at radius 1 is 0.914 bits per heavy atom. The maximum Gasteiger partial charge on any atom is 0.253 e. The molecule has 0 aromatic heterocycles. The minimum absolute atomic E-state index is 0.0803. The molecule has 1 N–H and O–H groups in total. The summed E-state index contributed by atoms with van der Waals surface area (Å²) in [6.45, 7) is 8.92. The number of likely N-dealkylation sites (tertiary alicyclic amines) is 1. The molecule has 2 aliphatic rings. The van der Waals surface area contributed by atoms with Crippen molar-refractivity contribution in [1.82, 2.24) is 9.80 Å². The van der Waals surface area contributed by atoms with Gasteiger partial charge in [-0.25, -0.2) is 0 Å². The van der Waals surface area contributed by atoms with Crippen LogP contribution in [0, 0.1) is 5.92 Å². The molecule has 1 saturated carbocycles.